The number of halogens is 3. The minimum absolute atomic E-state index is 0.0823. The highest BCUT2D eigenvalue weighted by Crippen LogP contribution is 2.28. The first-order chi connectivity index (χ1) is 16.3. The topological polar surface area (TPSA) is 103 Å². The summed E-state index contributed by atoms with van der Waals surface area (Å²) < 4.78 is 29.2. The van der Waals surface area contributed by atoms with Crippen LogP contribution in [-0.2, 0) is 0 Å². The zero-order valence-electron chi connectivity index (χ0n) is 18.3. The summed E-state index contributed by atoms with van der Waals surface area (Å²) in [6.45, 7) is 0.680. The Balaban J connectivity index is 1.53. The van der Waals surface area contributed by atoms with Gasteiger partial charge in [0, 0.05) is 23.2 Å². The van der Waals surface area contributed by atoms with E-state index in [1.165, 1.54) is 0 Å². The normalized spacial score (nSPS) is 18.8. The zero-order chi connectivity index (χ0) is 24.4. The number of nitrogens with one attached hydrogen (secondary N) is 2. The summed E-state index contributed by atoms with van der Waals surface area (Å²) in [4.78, 5) is 17.2. The van der Waals surface area contributed by atoms with E-state index in [-0.39, 0.29) is 17.5 Å². The Morgan fingerprint density at radius 1 is 1.32 bits per heavy atom. The number of nitrogens with zero attached hydrogens (tertiary/aromatic N) is 2. The number of amides is 1. The summed E-state index contributed by atoms with van der Waals surface area (Å²) in [5.41, 5.74) is 10.1. The van der Waals surface area contributed by atoms with Crippen molar-refractivity contribution in [3.63, 3.8) is 0 Å². The molecule has 7 nitrogen and oxygen atoms in total. The largest absolute Gasteiger partial charge is 0.388 e. The highest BCUT2D eigenvalue weighted by Gasteiger charge is 2.26. The second-order valence-electron chi connectivity index (χ2n) is 8.09. The second kappa shape index (κ2) is 10.0. The van der Waals surface area contributed by atoms with Gasteiger partial charge in [-0.05, 0) is 47.9 Å². The fourth-order valence-electron chi connectivity index (χ4n) is 3.86. The summed E-state index contributed by atoms with van der Waals surface area (Å²) >= 11 is 5.86. The van der Waals surface area contributed by atoms with Gasteiger partial charge in [-0.15, -0.1) is 0 Å². The molecular formula is C24H24ClF2N5O2. The zero-order valence-corrected chi connectivity index (χ0v) is 19.1. The molecule has 4 rings (SSSR count). The molecule has 2 aliphatic heterocycles. The maximum atomic E-state index is 15.5. The molecule has 2 aliphatic rings. The summed E-state index contributed by atoms with van der Waals surface area (Å²) in [6.07, 6.45) is 3.29. The molecule has 0 saturated heterocycles. The van der Waals surface area contributed by atoms with E-state index in [0.717, 1.165) is 0 Å². The molecule has 178 valence electrons. The number of carbonyl (C=O) groups excluding carboxylic acids is 1. The summed E-state index contributed by atoms with van der Waals surface area (Å²) in [5, 5.41) is 15.1. The lowest BCUT2D eigenvalue weighted by Crippen LogP contribution is -2.40. The molecule has 0 radical (unpaired) electrons. The molecule has 0 spiro atoms. The molecular weight excluding hydrogens is 464 g/mol. The lowest BCUT2D eigenvalue weighted by atomic mass is 9.96. The van der Waals surface area contributed by atoms with Crippen LogP contribution < -0.4 is 16.5 Å². The van der Waals surface area contributed by atoms with E-state index in [1.807, 2.05) is 0 Å². The molecule has 0 aliphatic carbocycles. The van der Waals surface area contributed by atoms with Crippen LogP contribution in [0.2, 0.25) is 5.02 Å². The number of allylic oxidation sites excluding steroid dienone is 2. The van der Waals surface area contributed by atoms with Crippen molar-refractivity contribution in [1.82, 2.24) is 15.8 Å². The number of hydrogen-bond donors (Lipinski definition) is 4. The van der Waals surface area contributed by atoms with E-state index in [2.05, 4.69) is 15.7 Å². The smallest absolute Gasteiger partial charge is 0.254 e. The quantitative estimate of drug-likeness (QED) is 0.479. The molecule has 0 saturated carbocycles. The Kier molecular flexibility index (Phi) is 7.08. The third-order valence-electron chi connectivity index (χ3n) is 5.65. The van der Waals surface area contributed by atoms with Crippen molar-refractivity contribution in [2.75, 3.05) is 6.67 Å². The number of alkyl halides is 1. The van der Waals surface area contributed by atoms with Crippen molar-refractivity contribution in [1.29, 1.82) is 0 Å². The van der Waals surface area contributed by atoms with Crippen LogP contribution in [0.4, 0.5) is 8.78 Å². The van der Waals surface area contributed by atoms with Crippen molar-refractivity contribution < 1.29 is 18.7 Å². The Labute approximate surface area is 200 Å². The highest BCUT2D eigenvalue weighted by molar-refractivity contribution is 6.30. The predicted molar refractivity (Wildman–Crippen MR) is 127 cm³/mol. The number of nitrogens with two attached hydrogens (primary N) is 1. The number of rotatable bonds is 7. The van der Waals surface area contributed by atoms with E-state index in [0.29, 0.717) is 27.6 Å². The molecule has 0 bridgehead atoms. The van der Waals surface area contributed by atoms with Gasteiger partial charge in [0.15, 0.2) is 6.29 Å². The minimum atomic E-state index is -1.02. The third kappa shape index (κ3) is 5.02. The molecule has 3 atom stereocenters. The molecule has 3 unspecified atom stereocenters. The molecule has 0 aromatic heterocycles. The number of aliphatic imine (C=N–C) groups is 1. The van der Waals surface area contributed by atoms with Crippen molar-refractivity contribution >= 4 is 28.9 Å². The molecule has 1 amide bonds. The van der Waals surface area contributed by atoms with Crippen molar-refractivity contribution in [3.05, 3.63) is 87.8 Å². The number of aliphatic hydroxyl groups is 1. The fourth-order valence-corrected chi connectivity index (χ4v) is 3.99. The number of benzene rings is 2. The third-order valence-corrected chi connectivity index (χ3v) is 5.90. The van der Waals surface area contributed by atoms with Gasteiger partial charge < -0.3 is 10.4 Å². The van der Waals surface area contributed by atoms with Crippen molar-refractivity contribution in [3.8, 4) is 0 Å². The van der Waals surface area contributed by atoms with Crippen LogP contribution in [0.1, 0.15) is 39.6 Å². The molecule has 2 aromatic carbocycles. The second-order valence-corrected chi connectivity index (χ2v) is 8.53. The van der Waals surface area contributed by atoms with Gasteiger partial charge in [0.25, 0.3) is 5.91 Å². The van der Waals surface area contributed by atoms with Gasteiger partial charge in [-0.25, -0.2) is 13.8 Å². The van der Waals surface area contributed by atoms with E-state index >= 15 is 4.39 Å². The number of aliphatic hydroxyl groups excluding tert-OH is 1. The average Bonchev–Trinajstić information content (AvgIpc) is 3.18. The maximum Gasteiger partial charge on any atom is 0.254 e. The summed E-state index contributed by atoms with van der Waals surface area (Å²) in [5.74, 6) is -0.968. The number of carbonyl (C=O) groups is 1. The first kappa shape index (κ1) is 24.0. The Bertz CT molecular complexity index is 1180. The Morgan fingerprint density at radius 2 is 2.06 bits per heavy atom. The first-order valence-electron chi connectivity index (χ1n) is 10.7. The molecule has 2 aromatic rings. The number of amidine groups is 1. The molecule has 5 N–H and O–H groups in total. The first-order valence-corrected chi connectivity index (χ1v) is 11.0. The van der Waals surface area contributed by atoms with Crippen molar-refractivity contribution in [2.24, 2.45) is 10.7 Å². The van der Waals surface area contributed by atoms with Gasteiger partial charge in [0.1, 0.15) is 18.3 Å². The van der Waals surface area contributed by atoms with Crippen LogP contribution in [-0.4, -0.2) is 40.9 Å². The van der Waals surface area contributed by atoms with Crippen LogP contribution in [0, 0.1) is 12.7 Å². The molecule has 10 heteroatoms. The molecule has 34 heavy (non-hydrogen) atoms. The van der Waals surface area contributed by atoms with E-state index in [9.17, 15) is 14.3 Å². The van der Waals surface area contributed by atoms with E-state index < -0.39 is 36.8 Å². The van der Waals surface area contributed by atoms with Crippen LogP contribution in [0.3, 0.4) is 0 Å². The van der Waals surface area contributed by atoms with Gasteiger partial charge in [-0.2, -0.15) is 5.43 Å². The average molecular weight is 488 g/mol. The van der Waals surface area contributed by atoms with Crippen LogP contribution in [0.25, 0.3) is 5.57 Å². The number of fused-ring (bicyclic) bond motifs is 1. The van der Waals surface area contributed by atoms with Gasteiger partial charge in [0.05, 0.1) is 17.7 Å². The maximum absolute atomic E-state index is 15.5. The lowest BCUT2D eigenvalue weighted by Gasteiger charge is -2.21. The molecule has 2 heterocycles. The Hall–Kier alpha value is -3.11. The summed E-state index contributed by atoms with van der Waals surface area (Å²) in [6, 6.07) is 8.67. The van der Waals surface area contributed by atoms with Crippen LogP contribution >= 0.6 is 11.6 Å². The lowest BCUT2D eigenvalue weighted by molar-refractivity contribution is 0.0891. The number of hydrogen-bond acceptors (Lipinski definition) is 6. The van der Waals surface area contributed by atoms with Gasteiger partial charge in [-0.3, -0.25) is 15.5 Å². The number of hydrazine groups is 1. The molecule has 0 fully saturated rings. The van der Waals surface area contributed by atoms with Crippen molar-refractivity contribution in [2.45, 2.75) is 31.8 Å². The van der Waals surface area contributed by atoms with E-state index in [1.54, 1.807) is 66.7 Å². The standard InChI is InChI=1S/C24H24ClF2N5O2/c1-13-2-7-18(15-8-9-32-20(10-15)30-24(28)31-32)22(27)21(13)23(34)29-17(12-26)11-19(33)14-3-5-16(25)6-4-14/h2-10,17,19,24,31,33H,11-12,28H2,1H3,(H,29,34). The predicted octanol–water partition coefficient (Wildman–Crippen LogP) is 3.35. The highest BCUT2D eigenvalue weighted by atomic mass is 35.5. The van der Waals surface area contributed by atoms with Crippen LogP contribution in [0.15, 0.2) is 59.7 Å². The van der Waals surface area contributed by atoms with Crippen LogP contribution in [0.5, 0.6) is 0 Å². The number of aryl methyl sites for hydroxylation is 1. The monoisotopic (exact) mass is 487 g/mol. The van der Waals surface area contributed by atoms with Gasteiger partial charge in [0.2, 0.25) is 0 Å². The Morgan fingerprint density at radius 3 is 2.76 bits per heavy atom. The summed E-state index contributed by atoms with van der Waals surface area (Å²) in [7, 11) is 0. The fraction of sp³-hybridized carbons (Fsp3) is 0.250. The van der Waals surface area contributed by atoms with Gasteiger partial charge in [-0.1, -0.05) is 35.9 Å². The van der Waals surface area contributed by atoms with E-state index in [4.69, 9.17) is 17.3 Å². The SMILES string of the molecule is Cc1ccc(C2=CC3=NC(N)NN3C=C2)c(F)c1C(=O)NC(CF)CC(O)c1ccc(Cl)cc1. The van der Waals surface area contributed by atoms with Gasteiger partial charge >= 0.3 is 0 Å². The minimum Gasteiger partial charge on any atom is -0.388 e.